The lowest BCUT2D eigenvalue weighted by atomic mass is 10.3. The van der Waals surface area contributed by atoms with Gasteiger partial charge in [0, 0.05) is 30.9 Å². The second-order valence-corrected chi connectivity index (χ2v) is 5.53. The van der Waals surface area contributed by atoms with E-state index in [9.17, 15) is 4.79 Å². The summed E-state index contributed by atoms with van der Waals surface area (Å²) in [5, 5.41) is 9.32. The van der Waals surface area contributed by atoms with Gasteiger partial charge >= 0.3 is 6.09 Å². The van der Waals surface area contributed by atoms with E-state index in [0.717, 1.165) is 23.6 Å². The molecular formula is C11H11ClN4O3S. The second kappa shape index (κ2) is 5.39. The third-order valence-electron chi connectivity index (χ3n) is 2.95. The van der Waals surface area contributed by atoms with Crippen molar-refractivity contribution < 1.29 is 14.6 Å². The van der Waals surface area contributed by atoms with E-state index in [1.54, 1.807) is 6.07 Å². The Morgan fingerprint density at radius 2 is 2.20 bits per heavy atom. The molecule has 0 bridgehead atoms. The summed E-state index contributed by atoms with van der Waals surface area (Å²) in [4.78, 5) is 21.5. The van der Waals surface area contributed by atoms with Crippen molar-refractivity contribution in [2.24, 2.45) is 0 Å². The van der Waals surface area contributed by atoms with E-state index in [1.165, 1.54) is 17.7 Å². The van der Waals surface area contributed by atoms with Crippen molar-refractivity contribution in [1.82, 2.24) is 9.97 Å². The van der Waals surface area contributed by atoms with Gasteiger partial charge in [-0.05, 0) is 0 Å². The highest BCUT2D eigenvalue weighted by Crippen LogP contribution is 2.37. The van der Waals surface area contributed by atoms with Crippen molar-refractivity contribution in [3.8, 4) is 0 Å². The predicted molar refractivity (Wildman–Crippen MR) is 76.8 cm³/mol. The van der Waals surface area contributed by atoms with E-state index in [1.807, 2.05) is 0 Å². The third kappa shape index (κ3) is 2.37. The monoisotopic (exact) mass is 314 g/mol. The number of carbonyl (C=O) groups is 1. The highest BCUT2D eigenvalue weighted by Gasteiger charge is 2.20. The topological polar surface area (TPSA) is 78.8 Å². The van der Waals surface area contributed by atoms with Gasteiger partial charge in [-0.15, -0.1) is 11.3 Å². The molecule has 1 N–H and O–H groups in total. The largest absolute Gasteiger partial charge is 0.464 e. The summed E-state index contributed by atoms with van der Waals surface area (Å²) in [6.45, 7) is 2.81. The number of aromatic nitrogens is 2. The molecule has 0 aliphatic carbocycles. The fraction of sp³-hybridized carbons (Fsp3) is 0.364. The summed E-state index contributed by atoms with van der Waals surface area (Å²) in [6, 6.07) is 1.65. The summed E-state index contributed by atoms with van der Waals surface area (Å²) >= 11 is 6.97. The molecule has 9 heteroatoms. The quantitative estimate of drug-likeness (QED) is 0.856. The van der Waals surface area contributed by atoms with Gasteiger partial charge in [0.15, 0.2) is 0 Å². The maximum absolute atomic E-state index is 10.9. The van der Waals surface area contributed by atoms with E-state index in [4.69, 9.17) is 21.6 Å². The molecule has 1 aliphatic rings. The number of fused-ring (bicyclic) bond motifs is 1. The number of carboxylic acid groups (broad SMARTS) is 1. The summed E-state index contributed by atoms with van der Waals surface area (Å²) in [5.41, 5.74) is 0.688. The van der Waals surface area contributed by atoms with Crippen LogP contribution in [0.5, 0.6) is 0 Å². The van der Waals surface area contributed by atoms with Gasteiger partial charge in [-0.3, -0.25) is 0 Å². The summed E-state index contributed by atoms with van der Waals surface area (Å²) in [7, 11) is 0. The molecule has 3 heterocycles. The van der Waals surface area contributed by atoms with Crippen LogP contribution in [0.2, 0.25) is 0 Å². The number of rotatable bonds is 2. The first-order valence-corrected chi connectivity index (χ1v) is 7.08. The van der Waals surface area contributed by atoms with Gasteiger partial charge in [0.05, 0.1) is 23.4 Å². The Morgan fingerprint density at radius 1 is 1.45 bits per heavy atom. The van der Waals surface area contributed by atoms with Crippen molar-refractivity contribution in [1.29, 1.82) is 0 Å². The minimum atomic E-state index is -1.22. The van der Waals surface area contributed by atoms with Gasteiger partial charge in [-0.1, -0.05) is 0 Å². The molecule has 106 valence electrons. The Hall–Kier alpha value is -1.64. The predicted octanol–water partition coefficient (Wildman–Crippen LogP) is 2.17. The van der Waals surface area contributed by atoms with Gasteiger partial charge < -0.3 is 14.7 Å². The number of ether oxygens (including phenoxy) is 1. The van der Waals surface area contributed by atoms with Gasteiger partial charge in [0.1, 0.15) is 17.1 Å². The lowest BCUT2D eigenvalue weighted by molar-refractivity contribution is 0.122. The normalized spacial score (nSPS) is 15.6. The lowest BCUT2D eigenvalue weighted by Crippen LogP contribution is -2.36. The van der Waals surface area contributed by atoms with Gasteiger partial charge in [-0.2, -0.15) is 4.42 Å². The number of hydrogen-bond acceptors (Lipinski definition) is 6. The molecular weight excluding hydrogens is 304 g/mol. The average molecular weight is 315 g/mol. The lowest BCUT2D eigenvalue weighted by Gasteiger charge is -2.27. The van der Waals surface area contributed by atoms with Gasteiger partial charge in [0.25, 0.3) is 0 Å². The highest BCUT2D eigenvalue weighted by atomic mass is 35.5. The van der Waals surface area contributed by atoms with Crippen LogP contribution in [-0.2, 0) is 4.74 Å². The average Bonchev–Trinajstić information content (AvgIpc) is 2.91. The maximum Gasteiger partial charge on any atom is 0.427 e. The molecule has 2 aromatic heterocycles. The molecule has 7 nitrogen and oxygen atoms in total. The standard InChI is InChI=1S/C11H11ClN4O3S/c12-16(11(17)18)8-5-7-9(20-8)10(14-6-13-7)15-1-3-19-4-2-15/h5-6H,1-4H2,(H,17,18). The number of hydrogen-bond donors (Lipinski definition) is 1. The van der Waals surface area contributed by atoms with Gasteiger partial charge in [0.2, 0.25) is 0 Å². The zero-order chi connectivity index (χ0) is 14.1. The molecule has 0 radical (unpaired) electrons. The first kappa shape index (κ1) is 13.3. The molecule has 1 aliphatic heterocycles. The zero-order valence-corrected chi connectivity index (χ0v) is 11.9. The van der Waals surface area contributed by atoms with Crippen LogP contribution in [-0.4, -0.2) is 47.5 Å². The summed E-state index contributed by atoms with van der Waals surface area (Å²) < 4.78 is 6.81. The van der Waals surface area contributed by atoms with Crippen LogP contribution >= 0.6 is 23.1 Å². The second-order valence-electron chi connectivity index (χ2n) is 4.16. The Bertz CT molecular complexity index is 644. The van der Waals surface area contributed by atoms with Crippen molar-refractivity contribution in [3.63, 3.8) is 0 Å². The van der Waals surface area contributed by atoms with Crippen LogP contribution in [0.4, 0.5) is 15.6 Å². The van der Waals surface area contributed by atoms with Crippen molar-refractivity contribution in [2.45, 2.75) is 0 Å². The van der Waals surface area contributed by atoms with Crippen molar-refractivity contribution in [2.75, 3.05) is 35.6 Å². The van der Waals surface area contributed by atoms with Crippen LogP contribution in [0.15, 0.2) is 12.4 Å². The maximum atomic E-state index is 10.9. The molecule has 1 saturated heterocycles. The van der Waals surface area contributed by atoms with E-state index < -0.39 is 6.09 Å². The van der Waals surface area contributed by atoms with Crippen LogP contribution in [0.1, 0.15) is 0 Å². The number of morpholine rings is 1. The molecule has 0 aromatic carbocycles. The fourth-order valence-electron chi connectivity index (χ4n) is 2.02. The fourth-order valence-corrected chi connectivity index (χ4v) is 3.20. The smallest absolute Gasteiger partial charge is 0.427 e. The number of halogens is 1. The molecule has 2 aromatic rings. The molecule has 1 fully saturated rings. The number of thiophene rings is 1. The summed E-state index contributed by atoms with van der Waals surface area (Å²) in [6.07, 6.45) is 0.252. The van der Waals surface area contributed by atoms with E-state index in [2.05, 4.69) is 14.9 Å². The number of nitrogens with zero attached hydrogens (tertiary/aromatic N) is 4. The zero-order valence-electron chi connectivity index (χ0n) is 10.3. The first-order chi connectivity index (χ1) is 9.66. The van der Waals surface area contributed by atoms with Crippen LogP contribution in [0, 0.1) is 0 Å². The van der Waals surface area contributed by atoms with Crippen molar-refractivity contribution >= 4 is 50.2 Å². The van der Waals surface area contributed by atoms with E-state index >= 15 is 0 Å². The molecule has 0 atom stereocenters. The van der Waals surface area contributed by atoms with E-state index in [0.29, 0.717) is 28.2 Å². The molecule has 0 saturated carbocycles. The highest BCUT2D eigenvalue weighted by molar-refractivity contribution is 7.23. The Labute approximate surface area is 123 Å². The first-order valence-electron chi connectivity index (χ1n) is 5.93. The van der Waals surface area contributed by atoms with E-state index in [-0.39, 0.29) is 0 Å². The van der Waals surface area contributed by atoms with Crippen LogP contribution in [0.3, 0.4) is 0 Å². The van der Waals surface area contributed by atoms with Crippen molar-refractivity contribution in [3.05, 3.63) is 12.4 Å². The SMILES string of the molecule is O=C(O)N(Cl)c1cc2ncnc(N3CCOCC3)c2s1. The molecule has 0 spiro atoms. The Balaban J connectivity index is 2.02. The Kier molecular flexibility index (Phi) is 3.60. The molecule has 0 unspecified atom stereocenters. The Morgan fingerprint density at radius 3 is 2.90 bits per heavy atom. The summed E-state index contributed by atoms with van der Waals surface area (Å²) in [5.74, 6) is 0.796. The minimum Gasteiger partial charge on any atom is -0.464 e. The van der Waals surface area contributed by atoms with Crippen LogP contribution < -0.4 is 9.32 Å². The van der Waals surface area contributed by atoms with Gasteiger partial charge in [-0.25, -0.2) is 14.8 Å². The number of amides is 1. The van der Waals surface area contributed by atoms with Crippen LogP contribution in [0.25, 0.3) is 10.2 Å². The minimum absolute atomic E-state index is 0.407. The number of anilines is 2. The molecule has 3 rings (SSSR count). The molecule has 20 heavy (non-hydrogen) atoms. The third-order valence-corrected chi connectivity index (χ3v) is 4.48. The molecule has 1 amide bonds.